The Morgan fingerprint density at radius 3 is 2.43 bits per heavy atom. The maximum atomic E-state index is 10.8. The van der Waals surface area contributed by atoms with Gasteiger partial charge in [0.05, 0.1) is 6.04 Å². The van der Waals surface area contributed by atoms with Gasteiger partial charge in [-0.1, -0.05) is 54.3 Å². The van der Waals surface area contributed by atoms with Gasteiger partial charge in [-0.2, -0.15) is 0 Å². The normalized spacial score (nSPS) is 11.0. The predicted molar refractivity (Wildman–Crippen MR) is 109 cm³/mol. The molecule has 1 unspecified atom stereocenters. The number of nitrogens with one attached hydrogen (secondary N) is 1. The Bertz CT molecular complexity index is 972. The lowest BCUT2D eigenvalue weighted by Crippen LogP contribution is -2.35. The van der Waals surface area contributed by atoms with E-state index < -0.39 is 6.03 Å². The Labute approximate surface area is 164 Å². The summed E-state index contributed by atoms with van der Waals surface area (Å²) in [6.45, 7) is 1.75. The highest BCUT2D eigenvalue weighted by Gasteiger charge is 2.01. The number of carbonyl (C=O) groups excluding carboxylic acids is 1. The molecule has 0 aliphatic heterocycles. The zero-order valence-electron chi connectivity index (χ0n) is 15.6. The number of hydrogen-bond acceptors (Lipinski definition) is 3. The standard InChI is InChI=1S/C23H21N3O2/c1-17(26-23(24)27)7-8-20-11-14-22(25-16-20)28-21-12-9-19(10-13-21)15-18-5-3-2-4-6-18/h2-6,9-14,16-17H,15H2,1H3,(H3,24,26,27). The van der Waals surface area contributed by atoms with E-state index in [0.717, 1.165) is 17.7 Å². The second-order valence-corrected chi connectivity index (χ2v) is 6.29. The number of aromatic nitrogens is 1. The van der Waals surface area contributed by atoms with Gasteiger partial charge in [0.25, 0.3) is 0 Å². The van der Waals surface area contributed by atoms with Crippen LogP contribution in [0.15, 0.2) is 72.9 Å². The van der Waals surface area contributed by atoms with Crippen LogP contribution in [0, 0.1) is 11.8 Å². The summed E-state index contributed by atoms with van der Waals surface area (Å²) in [5.41, 5.74) is 8.27. The third-order valence-corrected chi connectivity index (χ3v) is 3.92. The number of hydrogen-bond donors (Lipinski definition) is 2. The average molecular weight is 371 g/mol. The summed E-state index contributed by atoms with van der Waals surface area (Å²) in [5, 5.41) is 2.50. The van der Waals surface area contributed by atoms with Crippen molar-refractivity contribution >= 4 is 6.03 Å². The van der Waals surface area contributed by atoms with Crippen molar-refractivity contribution in [2.24, 2.45) is 5.73 Å². The molecule has 0 spiro atoms. The van der Waals surface area contributed by atoms with Crippen molar-refractivity contribution in [1.29, 1.82) is 0 Å². The van der Waals surface area contributed by atoms with Crippen LogP contribution in [0.2, 0.25) is 0 Å². The smallest absolute Gasteiger partial charge is 0.313 e. The second kappa shape index (κ2) is 9.24. The average Bonchev–Trinajstić information content (AvgIpc) is 2.69. The fourth-order valence-electron chi connectivity index (χ4n) is 2.58. The van der Waals surface area contributed by atoms with E-state index >= 15 is 0 Å². The summed E-state index contributed by atoms with van der Waals surface area (Å²) in [5.74, 6) is 7.03. The van der Waals surface area contributed by atoms with Gasteiger partial charge in [0.2, 0.25) is 5.88 Å². The lowest BCUT2D eigenvalue weighted by atomic mass is 10.1. The fraction of sp³-hybridized carbons (Fsp3) is 0.130. The molecule has 3 N–H and O–H groups in total. The Hall–Kier alpha value is -3.78. The third kappa shape index (κ3) is 5.89. The zero-order chi connectivity index (χ0) is 19.8. The van der Waals surface area contributed by atoms with E-state index in [1.165, 1.54) is 11.1 Å². The molecule has 0 aliphatic carbocycles. The van der Waals surface area contributed by atoms with Crippen LogP contribution in [0.1, 0.15) is 23.6 Å². The van der Waals surface area contributed by atoms with Crippen molar-refractivity contribution in [3.8, 4) is 23.5 Å². The number of primary amides is 1. The van der Waals surface area contributed by atoms with Gasteiger partial charge in [0, 0.05) is 17.8 Å². The topological polar surface area (TPSA) is 77.2 Å². The minimum absolute atomic E-state index is 0.331. The van der Waals surface area contributed by atoms with Crippen molar-refractivity contribution < 1.29 is 9.53 Å². The first kappa shape index (κ1) is 19.0. The van der Waals surface area contributed by atoms with Gasteiger partial charge in [-0.05, 0) is 42.7 Å². The van der Waals surface area contributed by atoms with Gasteiger partial charge in [-0.15, -0.1) is 0 Å². The molecule has 0 aliphatic rings. The Morgan fingerprint density at radius 2 is 1.79 bits per heavy atom. The van der Waals surface area contributed by atoms with E-state index in [2.05, 4.69) is 46.4 Å². The molecule has 3 aromatic rings. The van der Waals surface area contributed by atoms with Gasteiger partial charge >= 0.3 is 6.03 Å². The Kier molecular flexibility index (Phi) is 6.27. The lowest BCUT2D eigenvalue weighted by Gasteiger charge is -2.06. The van der Waals surface area contributed by atoms with Crippen molar-refractivity contribution in [2.75, 3.05) is 0 Å². The van der Waals surface area contributed by atoms with E-state index in [0.29, 0.717) is 5.88 Å². The number of rotatable bonds is 5. The number of nitrogens with zero attached hydrogens (tertiary/aromatic N) is 1. The third-order valence-electron chi connectivity index (χ3n) is 3.92. The van der Waals surface area contributed by atoms with Crippen molar-refractivity contribution in [1.82, 2.24) is 10.3 Å². The number of benzene rings is 2. The van der Waals surface area contributed by atoms with Crippen LogP contribution in [-0.4, -0.2) is 17.1 Å². The molecular weight excluding hydrogens is 350 g/mol. The maximum Gasteiger partial charge on any atom is 0.313 e. The SMILES string of the molecule is CC(C#Cc1ccc(Oc2ccc(Cc3ccccc3)cc2)nc1)NC(N)=O. The minimum atomic E-state index is -0.599. The van der Waals surface area contributed by atoms with Crippen LogP contribution < -0.4 is 15.8 Å². The molecule has 2 amide bonds. The van der Waals surface area contributed by atoms with Crippen molar-refractivity contribution in [3.05, 3.63) is 89.6 Å². The fourth-order valence-corrected chi connectivity index (χ4v) is 2.58. The molecule has 1 heterocycles. The van der Waals surface area contributed by atoms with Crippen LogP contribution in [0.3, 0.4) is 0 Å². The van der Waals surface area contributed by atoms with E-state index in [1.54, 1.807) is 19.2 Å². The van der Waals surface area contributed by atoms with Gasteiger partial charge in [0.15, 0.2) is 0 Å². The van der Waals surface area contributed by atoms with Crippen molar-refractivity contribution in [2.45, 2.75) is 19.4 Å². The quantitative estimate of drug-likeness (QED) is 0.668. The molecule has 0 radical (unpaired) electrons. The van der Waals surface area contributed by atoms with E-state index in [1.807, 2.05) is 36.4 Å². The molecule has 5 nitrogen and oxygen atoms in total. The first-order valence-corrected chi connectivity index (χ1v) is 8.93. The summed E-state index contributed by atoms with van der Waals surface area (Å²) in [4.78, 5) is 15.0. The minimum Gasteiger partial charge on any atom is -0.439 e. The number of ether oxygens (including phenoxy) is 1. The monoisotopic (exact) mass is 371 g/mol. The summed E-state index contributed by atoms with van der Waals surface area (Å²) in [6.07, 6.45) is 2.51. The van der Waals surface area contributed by atoms with Crippen molar-refractivity contribution in [3.63, 3.8) is 0 Å². The molecule has 28 heavy (non-hydrogen) atoms. The van der Waals surface area contributed by atoms with Crippen LogP contribution >= 0.6 is 0 Å². The Morgan fingerprint density at radius 1 is 1.07 bits per heavy atom. The van der Waals surface area contributed by atoms with Gasteiger partial charge in [0.1, 0.15) is 5.75 Å². The molecule has 140 valence electrons. The number of nitrogens with two attached hydrogens (primary N) is 1. The first-order valence-electron chi connectivity index (χ1n) is 8.93. The predicted octanol–water partition coefficient (Wildman–Crippen LogP) is 3.87. The van der Waals surface area contributed by atoms with Crippen LogP contribution in [-0.2, 0) is 6.42 Å². The molecule has 0 fully saturated rings. The molecule has 0 saturated carbocycles. The summed E-state index contributed by atoms with van der Waals surface area (Å²) in [7, 11) is 0. The zero-order valence-corrected chi connectivity index (χ0v) is 15.6. The highest BCUT2D eigenvalue weighted by atomic mass is 16.5. The summed E-state index contributed by atoms with van der Waals surface area (Å²) in [6, 6.07) is 20.9. The van der Waals surface area contributed by atoms with Gasteiger partial charge < -0.3 is 15.8 Å². The molecule has 0 saturated heterocycles. The van der Waals surface area contributed by atoms with Crippen LogP contribution in [0.4, 0.5) is 4.79 Å². The Balaban J connectivity index is 1.58. The maximum absolute atomic E-state index is 10.8. The highest BCUT2D eigenvalue weighted by molar-refractivity contribution is 5.72. The van der Waals surface area contributed by atoms with E-state index in [4.69, 9.17) is 10.5 Å². The lowest BCUT2D eigenvalue weighted by molar-refractivity contribution is 0.248. The van der Waals surface area contributed by atoms with Gasteiger partial charge in [-0.3, -0.25) is 0 Å². The molecular formula is C23H21N3O2. The number of carbonyl (C=O) groups is 1. The van der Waals surface area contributed by atoms with Crippen LogP contribution in [0.5, 0.6) is 11.6 Å². The van der Waals surface area contributed by atoms with Crippen LogP contribution in [0.25, 0.3) is 0 Å². The first-order chi connectivity index (χ1) is 13.6. The number of amides is 2. The largest absolute Gasteiger partial charge is 0.439 e. The molecule has 5 heteroatoms. The van der Waals surface area contributed by atoms with E-state index in [9.17, 15) is 4.79 Å². The van der Waals surface area contributed by atoms with E-state index in [-0.39, 0.29) is 6.04 Å². The van der Waals surface area contributed by atoms with Gasteiger partial charge in [-0.25, -0.2) is 9.78 Å². The molecule has 1 aromatic heterocycles. The second-order valence-electron chi connectivity index (χ2n) is 6.29. The molecule has 2 aromatic carbocycles. The highest BCUT2D eigenvalue weighted by Crippen LogP contribution is 2.21. The molecule has 3 rings (SSSR count). The summed E-state index contributed by atoms with van der Waals surface area (Å²) >= 11 is 0. The molecule has 0 bridgehead atoms. The summed E-state index contributed by atoms with van der Waals surface area (Å²) < 4.78 is 5.78. The number of pyridine rings is 1. The number of urea groups is 1. The molecule has 1 atom stereocenters.